The quantitative estimate of drug-likeness (QED) is 0.601. The predicted molar refractivity (Wildman–Crippen MR) is 75.3 cm³/mol. The van der Waals surface area contributed by atoms with Crippen molar-refractivity contribution in [3.05, 3.63) is 59.4 Å². The molecule has 0 amide bonds. The molecule has 0 bridgehead atoms. The maximum absolute atomic E-state index is 6.93. The highest BCUT2D eigenvalue weighted by Crippen LogP contribution is 2.26. The van der Waals surface area contributed by atoms with Crippen molar-refractivity contribution >= 4 is 18.1 Å². The first-order valence-electron chi connectivity index (χ1n) is 6.16. The molecule has 19 heavy (non-hydrogen) atoms. The Morgan fingerprint density at radius 1 is 1.21 bits per heavy atom. The number of hydrogen-bond acceptors (Lipinski definition) is 2. The van der Waals surface area contributed by atoms with Gasteiger partial charge in [-0.2, -0.15) is 0 Å². The van der Waals surface area contributed by atoms with E-state index in [0.29, 0.717) is 12.3 Å². The SMILES string of the molecule is [C-]#[N+]c1ccc(Oc2cccc3c2B(C)OC3)cc1. The predicted octanol–water partition coefficient (Wildman–Crippen LogP) is 3.39. The molecule has 1 aliphatic heterocycles. The lowest BCUT2D eigenvalue weighted by atomic mass is 9.64. The second kappa shape index (κ2) is 4.79. The fourth-order valence-electron chi connectivity index (χ4n) is 2.28. The van der Waals surface area contributed by atoms with Gasteiger partial charge in [0.05, 0.1) is 13.2 Å². The normalized spacial score (nSPS) is 12.9. The van der Waals surface area contributed by atoms with Crippen molar-refractivity contribution in [3.8, 4) is 11.5 Å². The molecule has 4 heteroatoms. The number of benzene rings is 2. The van der Waals surface area contributed by atoms with Crippen LogP contribution in [0.3, 0.4) is 0 Å². The van der Waals surface area contributed by atoms with Crippen LogP contribution in [0.4, 0.5) is 5.69 Å². The molecular formula is C15H12BNO2. The van der Waals surface area contributed by atoms with Gasteiger partial charge in [-0.1, -0.05) is 31.1 Å². The van der Waals surface area contributed by atoms with E-state index in [2.05, 4.69) is 10.9 Å². The summed E-state index contributed by atoms with van der Waals surface area (Å²) in [6.45, 7) is 9.67. The standard InChI is InChI=1S/C15H12BNO2/c1-16-15-11(10-18-16)4-3-5-14(15)19-13-8-6-12(17-2)7-9-13/h3-9H,10H2,1H3. The number of fused-ring (bicyclic) bond motifs is 1. The second-order valence-electron chi connectivity index (χ2n) is 4.49. The van der Waals surface area contributed by atoms with Gasteiger partial charge in [-0.3, -0.25) is 0 Å². The Morgan fingerprint density at radius 3 is 2.74 bits per heavy atom. The number of hydrogen-bond donors (Lipinski definition) is 0. The molecular weight excluding hydrogens is 237 g/mol. The van der Waals surface area contributed by atoms with Gasteiger partial charge in [-0.05, 0) is 29.2 Å². The molecule has 3 rings (SSSR count). The molecule has 0 radical (unpaired) electrons. The average molecular weight is 249 g/mol. The van der Waals surface area contributed by atoms with E-state index in [0.717, 1.165) is 17.0 Å². The van der Waals surface area contributed by atoms with Crippen LogP contribution in [0.1, 0.15) is 5.56 Å². The Morgan fingerprint density at radius 2 is 2.00 bits per heavy atom. The molecule has 0 atom stereocenters. The van der Waals surface area contributed by atoms with Gasteiger partial charge in [0.15, 0.2) is 5.69 Å². The molecule has 0 saturated heterocycles. The lowest BCUT2D eigenvalue weighted by Crippen LogP contribution is -2.25. The van der Waals surface area contributed by atoms with E-state index in [4.69, 9.17) is 16.0 Å². The van der Waals surface area contributed by atoms with Crippen LogP contribution in [-0.4, -0.2) is 6.92 Å². The second-order valence-corrected chi connectivity index (χ2v) is 4.49. The van der Waals surface area contributed by atoms with Crippen LogP contribution < -0.4 is 10.2 Å². The van der Waals surface area contributed by atoms with Crippen LogP contribution in [-0.2, 0) is 11.3 Å². The third-order valence-electron chi connectivity index (χ3n) is 3.25. The van der Waals surface area contributed by atoms with Crippen LogP contribution >= 0.6 is 0 Å². The molecule has 1 aliphatic rings. The maximum atomic E-state index is 6.93. The topological polar surface area (TPSA) is 22.8 Å². The molecule has 92 valence electrons. The van der Waals surface area contributed by atoms with Gasteiger partial charge in [-0.25, -0.2) is 4.85 Å². The molecule has 0 aromatic heterocycles. The molecule has 0 saturated carbocycles. The van der Waals surface area contributed by atoms with Crippen molar-refractivity contribution < 1.29 is 9.39 Å². The largest absolute Gasteiger partial charge is 0.458 e. The zero-order valence-electron chi connectivity index (χ0n) is 10.6. The number of nitrogens with zero attached hydrogens (tertiary/aromatic N) is 1. The molecule has 0 N–H and O–H groups in total. The van der Waals surface area contributed by atoms with E-state index in [-0.39, 0.29) is 6.92 Å². The third-order valence-corrected chi connectivity index (χ3v) is 3.25. The average Bonchev–Trinajstić information content (AvgIpc) is 2.83. The van der Waals surface area contributed by atoms with Crippen molar-refractivity contribution in [1.82, 2.24) is 0 Å². The van der Waals surface area contributed by atoms with Crippen molar-refractivity contribution in [2.24, 2.45) is 0 Å². The van der Waals surface area contributed by atoms with Gasteiger partial charge in [0.25, 0.3) is 0 Å². The van der Waals surface area contributed by atoms with Gasteiger partial charge >= 0.3 is 6.92 Å². The zero-order chi connectivity index (χ0) is 13.2. The molecule has 0 spiro atoms. The molecule has 1 heterocycles. The Balaban J connectivity index is 1.92. The van der Waals surface area contributed by atoms with E-state index >= 15 is 0 Å². The third kappa shape index (κ3) is 2.21. The molecule has 0 aliphatic carbocycles. The number of rotatable bonds is 2. The first-order chi connectivity index (χ1) is 9.28. The summed E-state index contributed by atoms with van der Waals surface area (Å²) in [7, 11) is 0. The highest BCUT2D eigenvalue weighted by Gasteiger charge is 2.27. The minimum absolute atomic E-state index is 0.0636. The van der Waals surface area contributed by atoms with Crippen LogP contribution in [0, 0.1) is 6.57 Å². The van der Waals surface area contributed by atoms with Crippen molar-refractivity contribution in [2.45, 2.75) is 13.4 Å². The minimum Gasteiger partial charge on any atom is -0.458 e. The zero-order valence-corrected chi connectivity index (χ0v) is 10.6. The smallest absolute Gasteiger partial charge is 0.328 e. The van der Waals surface area contributed by atoms with Crippen molar-refractivity contribution in [3.63, 3.8) is 0 Å². The first kappa shape index (κ1) is 11.8. The van der Waals surface area contributed by atoms with Crippen LogP contribution in [0.25, 0.3) is 4.85 Å². The van der Waals surface area contributed by atoms with E-state index in [1.165, 1.54) is 5.56 Å². The highest BCUT2D eigenvalue weighted by atomic mass is 16.5. The summed E-state index contributed by atoms with van der Waals surface area (Å²) in [6, 6.07) is 13.1. The van der Waals surface area contributed by atoms with Crippen molar-refractivity contribution in [1.29, 1.82) is 0 Å². The fourth-order valence-corrected chi connectivity index (χ4v) is 2.28. The maximum Gasteiger partial charge on any atom is 0.328 e. The fraction of sp³-hybridized carbons (Fsp3) is 0.133. The Kier molecular flexibility index (Phi) is 2.98. The first-order valence-corrected chi connectivity index (χ1v) is 6.16. The summed E-state index contributed by atoms with van der Waals surface area (Å²) >= 11 is 0. The van der Waals surface area contributed by atoms with E-state index in [1.807, 2.05) is 31.1 Å². The van der Waals surface area contributed by atoms with Crippen LogP contribution in [0.15, 0.2) is 42.5 Å². The summed E-state index contributed by atoms with van der Waals surface area (Å²) in [4.78, 5) is 3.36. The van der Waals surface area contributed by atoms with E-state index in [1.54, 1.807) is 12.1 Å². The Bertz CT molecular complexity index is 646. The van der Waals surface area contributed by atoms with Gasteiger partial charge < -0.3 is 9.39 Å². The molecule has 3 nitrogen and oxygen atoms in total. The van der Waals surface area contributed by atoms with Crippen LogP contribution in [0.2, 0.25) is 6.82 Å². The number of ether oxygens (including phenoxy) is 1. The molecule has 0 fully saturated rings. The van der Waals surface area contributed by atoms with Crippen molar-refractivity contribution in [2.75, 3.05) is 0 Å². The summed E-state index contributed by atoms with van der Waals surface area (Å²) in [5, 5.41) is 0. The van der Waals surface area contributed by atoms with Gasteiger partial charge in [0.2, 0.25) is 0 Å². The molecule has 2 aromatic rings. The summed E-state index contributed by atoms with van der Waals surface area (Å²) in [5.41, 5.74) is 2.92. The van der Waals surface area contributed by atoms with Gasteiger partial charge in [0.1, 0.15) is 11.5 Å². The Hall–Kier alpha value is -2.25. The Labute approximate surface area is 112 Å². The molecule has 2 aromatic carbocycles. The summed E-state index contributed by atoms with van der Waals surface area (Å²) in [5.74, 6) is 1.57. The van der Waals surface area contributed by atoms with E-state index in [9.17, 15) is 0 Å². The lowest BCUT2D eigenvalue weighted by Gasteiger charge is -2.11. The minimum atomic E-state index is 0.0636. The summed E-state index contributed by atoms with van der Waals surface area (Å²) < 4.78 is 11.5. The van der Waals surface area contributed by atoms with Crippen LogP contribution in [0.5, 0.6) is 11.5 Å². The van der Waals surface area contributed by atoms with Gasteiger partial charge in [-0.15, -0.1) is 0 Å². The van der Waals surface area contributed by atoms with Gasteiger partial charge in [0, 0.05) is 0 Å². The monoisotopic (exact) mass is 249 g/mol. The summed E-state index contributed by atoms with van der Waals surface area (Å²) in [6.07, 6.45) is 0. The molecule has 0 unspecified atom stereocenters. The lowest BCUT2D eigenvalue weighted by molar-refractivity contribution is 0.333. The van der Waals surface area contributed by atoms with E-state index < -0.39 is 0 Å². The highest BCUT2D eigenvalue weighted by molar-refractivity contribution is 6.68.